The van der Waals surface area contributed by atoms with Crippen molar-refractivity contribution < 1.29 is 92.3 Å². The highest BCUT2D eigenvalue weighted by molar-refractivity contribution is 8.00. The molecular formula is C78H115N15O19S. The van der Waals surface area contributed by atoms with E-state index in [4.69, 9.17) is 17.2 Å². The smallest absolute Gasteiger partial charge is 0.326 e. The number of carbonyl (C=O) groups excluding carboxylic acids is 13. The van der Waals surface area contributed by atoms with E-state index < -0.39 is 205 Å². The Labute approximate surface area is 662 Å². The lowest BCUT2D eigenvalue weighted by Crippen LogP contribution is -2.61. The minimum Gasteiger partial charge on any atom is -0.508 e. The molecule has 0 bridgehead atoms. The number of unbranched alkanes of at least 4 members (excludes halogenated alkanes) is 1. The Kier molecular flexibility index (Phi) is 38.4. The number of hydrogen-bond acceptors (Lipinski definition) is 20. The molecule has 0 unspecified atom stereocenters. The van der Waals surface area contributed by atoms with Gasteiger partial charge in [0.25, 0.3) is 0 Å². The molecule has 20 N–H and O–H groups in total. The molecule has 0 aliphatic carbocycles. The van der Waals surface area contributed by atoms with Gasteiger partial charge in [0.15, 0.2) is 0 Å². The van der Waals surface area contributed by atoms with E-state index in [0.717, 1.165) is 11.8 Å². The molecule has 13 amide bonds. The van der Waals surface area contributed by atoms with Gasteiger partial charge in [-0.3, -0.25) is 67.1 Å². The zero-order valence-corrected chi connectivity index (χ0v) is 66.4. The molecule has 2 aliphatic heterocycles. The lowest BCUT2D eigenvalue weighted by Gasteiger charge is -2.33. The van der Waals surface area contributed by atoms with Crippen molar-refractivity contribution in [2.75, 3.05) is 36.5 Å². The maximum absolute atomic E-state index is 14.9. The third kappa shape index (κ3) is 30.9. The van der Waals surface area contributed by atoms with Crippen molar-refractivity contribution >= 4 is 106 Å². The van der Waals surface area contributed by atoms with Crippen LogP contribution in [0.25, 0.3) is 0 Å². The third-order valence-corrected chi connectivity index (χ3v) is 20.5. The number of para-hydroxylation sites is 1. The van der Waals surface area contributed by atoms with Crippen LogP contribution in [0.1, 0.15) is 156 Å². The molecule has 5 rings (SSSR count). The summed E-state index contributed by atoms with van der Waals surface area (Å²) in [6.45, 7) is 14.3. The van der Waals surface area contributed by atoms with Crippen molar-refractivity contribution in [3.05, 3.63) is 90.0 Å². The number of benzene rings is 3. The summed E-state index contributed by atoms with van der Waals surface area (Å²) in [6.07, 6.45) is -0.168. The average molecular weight is 1600 g/mol. The Morgan fingerprint density at radius 3 is 1.51 bits per heavy atom. The second kappa shape index (κ2) is 46.5. The molecule has 3 aromatic carbocycles. The van der Waals surface area contributed by atoms with Gasteiger partial charge in [-0.2, -0.15) is 0 Å². The van der Waals surface area contributed by atoms with Crippen molar-refractivity contribution in [3.8, 4) is 11.5 Å². The number of primary amides is 1. The van der Waals surface area contributed by atoms with Gasteiger partial charge in [0.1, 0.15) is 78.0 Å². The van der Waals surface area contributed by atoms with E-state index in [1.807, 2.05) is 20.8 Å². The minimum absolute atomic E-state index is 0.0140. The quantitative estimate of drug-likeness (QED) is 0.0352. The lowest BCUT2D eigenvalue weighted by atomic mass is 9.96. The number of carboxylic acid groups (broad SMARTS) is 2. The predicted octanol–water partition coefficient (Wildman–Crippen LogP) is 1.07. The third-order valence-electron chi connectivity index (χ3n) is 19.5. The van der Waals surface area contributed by atoms with Crippen LogP contribution in [0.3, 0.4) is 0 Å². The molecule has 0 aromatic heterocycles. The molecule has 2 saturated heterocycles. The molecule has 0 spiro atoms. The van der Waals surface area contributed by atoms with E-state index in [2.05, 4.69) is 53.2 Å². The predicted molar refractivity (Wildman–Crippen MR) is 420 cm³/mol. The molecule has 2 heterocycles. The van der Waals surface area contributed by atoms with Crippen LogP contribution in [0, 0.1) is 23.7 Å². The Balaban J connectivity index is 1.38. The lowest BCUT2D eigenvalue weighted by molar-refractivity contribution is -0.143. The number of hydrogen-bond donors (Lipinski definition) is 17. The van der Waals surface area contributed by atoms with E-state index in [1.54, 1.807) is 77.1 Å². The van der Waals surface area contributed by atoms with Crippen LogP contribution in [0.2, 0.25) is 0 Å². The van der Waals surface area contributed by atoms with Crippen molar-refractivity contribution in [2.45, 2.75) is 231 Å². The number of nitrogens with zero attached hydrogens (tertiary/aromatic N) is 2. The van der Waals surface area contributed by atoms with Crippen LogP contribution in [0.5, 0.6) is 11.5 Å². The monoisotopic (exact) mass is 1600 g/mol. The summed E-state index contributed by atoms with van der Waals surface area (Å²) in [7, 11) is 0. The van der Waals surface area contributed by atoms with Crippen LogP contribution in [0.4, 0.5) is 5.69 Å². The van der Waals surface area contributed by atoms with E-state index in [0.29, 0.717) is 42.5 Å². The number of carboxylic acids is 2. The normalized spacial score (nSPS) is 16.9. The first kappa shape index (κ1) is 93.2. The summed E-state index contributed by atoms with van der Waals surface area (Å²) in [5, 5.41) is 66.3. The molecule has 3 aromatic rings. The van der Waals surface area contributed by atoms with Crippen molar-refractivity contribution in [2.24, 2.45) is 40.9 Å². The molecule has 2 fully saturated rings. The highest BCUT2D eigenvalue weighted by Gasteiger charge is 2.44. The topological polar surface area (TPSA) is 542 Å². The maximum Gasteiger partial charge on any atom is 0.326 e. The average Bonchev–Trinajstić information content (AvgIpc) is 1.77. The van der Waals surface area contributed by atoms with Gasteiger partial charge in [-0.1, -0.05) is 104 Å². The van der Waals surface area contributed by atoms with Crippen molar-refractivity contribution in [3.63, 3.8) is 0 Å². The first-order valence-electron chi connectivity index (χ1n) is 38.5. The molecule has 13 atom stereocenters. The Morgan fingerprint density at radius 1 is 0.504 bits per heavy atom. The number of phenolic OH excluding ortho intramolecular Hbond substituents is 2. The van der Waals surface area contributed by atoms with Crippen LogP contribution in [0.15, 0.2) is 78.9 Å². The van der Waals surface area contributed by atoms with Crippen molar-refractivity contribution in [1.82, 2.24) is 57.7 Å². The number of aliphatic carboxylic acids is 2. The van der Waals surface area contributed by atoms with Gasteiger partial charge >= 0.3 is 11.9 Å². The van der Waals surface area contributed by atoms with Crippen LogP contribution in [-0.4, -0.2) is 223 Å². The summed E-state index contributed by atoms with van der Waals surface area (Å²) in [5.41, 5.74) is 19.0. The van der Waals surface area contributed by atoms with Gasteiger partial charge < -0.3 is 101 Å². The summed E-state index contributed by atoms with van der Waals surface area (Å²) in [6, 6.07) is 3.48. The second-order valence-electron chi connectivity index (χ2n) is 30.0. The fourth-order valence-electron chi connectivity index (χ4n) is 13.1. The Hall–Kier alpha value is -10.4. The van der Waals surface area contributed by atoms with Gasteiger partial charge in [-0.05, 0) is 155 Å². The van der Waals surface area contributed by atoms with Gasteiger partial charge in [-0.15, -0.1) is 11.8 Å². The fourth-order valence-corrected chi connectivity index (χ4v) is 13.9. The minimum atomic E-state index is -1.71. The number of aromatic hydroxyl groups is 2. The first-order valence-corrected chi connectivity index (χ1v) is 39.7. The molecule has 2 aliphatic rings. The van der Waals surface area contributed by atoms with Gasteiger partial charge in [-0.25, -0.2) is 4.79 Å². The van der Waals surface area contributed by atoms with Crippen LogP contribution in [-0.2, 0) is 84.8 Å². The number of rotatable bonds is 47. The summed E-state index contributed by atoms with van der Waals surface area (Å²) in [4.78, 5) is 212. The molecule has 113 heavy (non-hydrogen) atoms. The van der Waals surface area contributed by atoms with E-state index in [9.17, 15) is 92.3 Å². The number of nitrogens with two attached hydrogens (primary N) is 3. The number of thioether (sulfide) groups is 1. The highest BCUT2D eigenvalue weighted by atomic mass is 32.2. The molecule has 0 radical (unpaired) electrons. The van der Waals surface area contributed by atoms with E-state index in [1.165, 1.54) is 46.2 Å². The SMILES string of the molecule is CC[C@H](C)[C@H](NC(=O)[C@@H]1CCCN1C(=O)[C@@H](N)Cc1ccc(O)cc1)C(=O)N[C@@H](CC(C)C)C(=O)N1CCC[C@H]1C(=O)N[C@@H](CCC(=O)O)C(=O)N[C@@H](Cc1ccc(O)cc1)C(=O)N[C@@H](CC(C)C)C(=O)N[C@@H](CCC(N)=O)C(=O)N[C@@H](CSCC(=O)Nc1ccccc1)C(=O)N[C@H](C(=O)N[C@@H](CCCCN)C(=O)O)C(C)C. The summed E-state index contributed by atoms with van der Waals surface area (Å²) in [5.74, 6) is -15.9. The van der Waals surface area contributed by atoms with Gasteiger partial charge in [0.2, 0.25) is 76.8 Å². The largest absolute Gasteiger partial charge is 0.508 e. The highest BCUT2D eigenvalue weighted by Crippen LogP contribution is 2.25. The zero-order chi connectivity index (χ0) is 83.8. The summed E-state index contributed by atoms with van der Waals surface area (Å²) < 4.78 is 0. The number of phenols is 2. The molecule has 35 heteroatoms. The Bertz CT molecular complexity index is 3740. The van der Waals surface area contributed by atoms with Crippen LogP contribution < -0.4 is 70.4 Å². The molecule has 622 valence electrons. The molecule has 0 saturated carbocycles. The second-order valence-corrected chi connectivity index (χ2v) is 31.0. The first-order chi connectivity index (χ1) is 53.5. The number of amides is 13. The van der Waals surface area contributed by atoms with Crippen LogP contribution >= 0.6 is 11.8 Å². The van der Waals surface area contributed by atoms with Gasteiger partial charge in [0, 0.05) is 43.8 Å². The van der Waals surface area contributed by atoms with E-state index in [-0.39, 0.29) is 99.9 Å². The standard InChI is InChI=1S/C78H115N15O19S/c1-9-46(8)66(91-73(106)61-21-15-35-92(61)76(109)52(80)39-47-22-26-50(94)27-23-47)75(108)88-58(38-44(4)5)77(110)93-36-16-20-60(93)72(105)84-54(31-33-64(98)99)67(100)87-57(40-48-24-28-51(95)29-25-48)70(103)86-56(37-43(2)3)69(102)83-53(30-32-62(81)96)68(101)89-59(41-113-42-63(97)82-49-17-11-10-12-18-49)71(104)90-65(45(6)7)74(107)85-55(78(111)112)19-13-14-34-79/h10-12,17-18,22-29,43-46,52-61,65-66,94-95H,9,13-16,19-21,30-42,79-80H2,1-8H3,(H2,81,96)(H,82,97)(H,83,102)(H,84,105)(H,85,107)(H,86,103)(H,87,100)(H,88,108)(H,89,101)(H,90,104)(H,91,106)(H,98,99)(H,111,112)/t46-,52-,53-,54-,55-,56-,57-,58-,59-,60-,61-,65-,66-/m0/s1. The van der Waals surface area contributed by atoms with E-state index >= 15 is 0 Å². The van der Waals surface area contributed by atoms with Gasteiger partial charge in [0.05, 0.1) is 11.8 Å². The van der Waals surface area contributed by atoms with Crippen molar-refractivity contribution in [1.29, 1.82) is 0 Å². The number of likely N-dealkylation sites (tertiary alicyclic amines) is 2. The summed E-state index contributed by atoms with van der Waals surface area (Å²) >= 11 is 0.903. The number of anilines is 1. The molecule has 34 nitrogen and oxygen atoms in total. The Morgan fingerprint density at radius 2 is 0.973 bits per heavy atom. The molecular weight excluding hydrogens is 1480 g/mol. The maximum atomic E-state index is 14.9. The fraction of sp³-hybridized carbons (Fsp3) is 0.577. The number of nitrogens with one attached hydrogen (secondary N) is 10. The zero-order valence-electron chi connectivity index (χ0n) is 65.5. The number of carbonyl (C=O) groups is 15.